The van der Waals surface area contributed by atoms with Gasteiger partial charge in [-0.2, -0.15) is 0 Å². The Kier molecular flexibility index (Phi) is 7.39. The van der Waals surface area contributed by atoms with Crippen molar-refractivity contribution in [3.05, 3.63) is 18.2 Å². The lowest BCUT2D eigenvalue weighted by atomic mass is 10.1. The molecule has 1 atom stereocenters. The SMILES string of the molecule is CCCC(CC(=O)O)NCCCOc1cc(O)ccc1O. The van der Waals surface area contributed by atoms with E-state index in [0.717, 1.165) is 12.8 Å². The Morgan fingerprint density at radius 1 is 1.38 bits per heavy atom. The molecule has 0 amide bonds. The predicted molar refractivity (Wildman–Crippen MR) is 78.8 cm³/mol. The molecule has 1 unspecified atom stereocenters. The van der Waals surface area contributed by atoms with Crippen molar-refractivity contribution in [1.29, 1.82) is 0 Å². The summed E-state index contributed by atoms with van der Waals surface area (Å²) < 4.78 is 5.37. The molecule has 0 radical (unpaired) electrons. The first-order chi connectivity index (χ1) is 10.0. The number of phenols is 2. The molecular formula is C15H23NO5. The molecule has 1 aromatic rings. The molecular weight excluding hydrogens is 274 g/mol. The number of aromatic hydroxyl groups is 2. The lowest BCUT2D eigenvalue weighted by Crippen LogP contribution is -2.32. The van der Waals surface area contributed by atoms with Crippen LogP contribution in [0.5, 0.6) is 17.2 Å². The second-order valence-electron chi connectivity index (χ2n) is 4.89. The Morgan fingerprint density at radius 3 is 2.81 bits per heavy atom. The van der Waals surface area contributed by atoms with Gasteiger partial charge in [0.05, 0.1) is 13.0 Å². The average Bonchev–Trinajstić information content (AvgIpc) is 2.41. The largest absolute Gasteiger partial charge is 0.508 e. The summed E-state index contributed by atoms with van der Waals surface area (Å²) in [7, 11) is 0. The Hall–Kier alpha value is -1.95. The zero-order chi connectivity index (χ0) is 15.7. The molecule has 118 valence electrons. The number of hydrogen-bond acceptors (Lipinski definition) is 5. The lowest BCUT2D eigenvalue weighted by molar-refractivity contribution is -0.137. The predicted octanol–water partition coefficient (Wildman–Crippen LogP) is 2.10. The fourth-order valence-corrected chi connectivity index (χ4v) is 2.01. The van der Waals surface area contributed by atoms with Crippen molar-refractivity contribution < 1.29 is 24.9 Å². The minimum atomic E-state index is -0.804. The van der Waals surface area contributed by atoms with Gasteiger partial charge in [0.15, 0.2) is 11.5 Å². The van der Waals surface area contributed by atoms with E-state index in [-0.39, 0.29) is 29.7 Å². The van der Waals surface area contributed by atoms with Crippen LogP contribution in [0.1, 0.15) is 32.6 Å². The lowest BCUT2D eigenvalue weighted by Gasteiger charge is -2.16. The zero-order valence-electron chi connectivity index (χ0n) is 12.2. The zero-order valence-corrected chi connectivity index (χ0v) is 12.2. The Balaban J connectivity index is 2.26. The molecule has 0 aliphatic rings. The number of phenolic OH excluding ortho intramolecular Hbond substituents is 2. The van der Waals surface area contributed by atoms with Crippen LogP contribution >= 0.6 is 0 Å². The maximum atomic E-state index is 10.7. The number of carboxylic acids is 1. The number of carboxylic acid groups (broad SMARTS) is 1. The first-order valence-corrected chi connectivity index (χ1v) is 7.13. The second kappa shape index (κ2) is 9.07. The minimum Gasteiger partial charge on any atom is -0.508 e. The normalized spacial score (nSPS) is 12.0. The van der Waals surface area contributed by atoms with Gasteiger partial charge in [-0.25, -0.2) is 0 Å². The molecule has 0 saturated heterocycles. The third-order valence-electron chi connectivity index (χ3n) is 3.01. The highest BCUT2D eigenvalue weighted by molar-refractivity contribution is 5.67. The van der Waals surface area contributed by atoms with E-state index in [4.69, 9.17) is 9.84 Å². The number of aliphatic carboxylic acids is 1. The van der Waals surface area contributed by atoms with Crippen LogP contribution in [0.4, 0.5) is 0 Å². The molecule has 6 nitrogen and oxygen atoms in total. The number of ether oxygens (including phenoxy) is 1. The summed E-state index contributed by atoms with van der Waals surface area (Å²) in [5.41, 5.74) is 0. The van der Waals surface area contributed by atoms with Crippen LogP contribution in [0.2, 0.25) is 0 Å². The van der Waals surface area contributed by atoms with Gasteiger partial charge in [0.2, 0.25) is 0 Å². The number of rotatable bonds is 10. The molecule has 1 rings (SSSR count). The maximum absolute atomic E-state index is 10.7. The van der Waals surface area contributed by atoms with E-state index in [9.17, 15) is 15.0 Å². The summed E-state index contributed by atoms with van der Waals surface area (Å²) in [5.74, 6) is -0.548. The standard InChI is InChI=1S/C15H23NO5/c1-2-4-11(9-15(19)20)16-7-3-8-21-14-10-12(17)5-6-13(14)18/h5-6,10-11,16-18H,2-4,7-9H2,1H3,(H,19,20). The second-order valence-corrected chi connectivity index (χ2v) is 4.89. The highest BCUT2D eigenvalue weighted by Crippen LogP contribution is 2.29. The molecule has 0 fully saturated rings. The first kappa shape index (κ1) is 17.1. The summed E-state index contributed by atoms with van der Waals surface area (Å²) in [5, 5.41) is 30.8. The van der Waals surface area contributed by atoms with E-state index in [1.165, 1.54) is 18.2 Å². The van der Waals surface area contributed by atoms with Gasteiger partial charge in [-0.3, -0.25) is 4.79 Å². The maximum Gasteiger partial charge on any atom is 0.304 e. The van der Waals surface area contributed by atoms with E-state index in [1.54, 1.807) is 0 Å². The van der Waals surface area contributed by atoms with E-state index < -0.39 is 5.97 Å². The van der Waals surface area contributed by atoms with E-state index in [0.29, 0.717) is 19.6 Å². The Labute approximate surface area is 124 Å². The van der Waals surface area contributed by atoms with Crippen molar-refractivity contribution in [3.63, 3.8) is 0 Å². The molecule has 0 heterocycles. The van der Waals surface area contributed by atoms with Crippen molar-refractivity contribution in [3.8, 4) is 17.2 Å². The van der Waals surface area contributed by atoms with Crippen molar-refractivity contribution >= 4 is 5.97 Å². The van der Waals surface area contributed by atoms with E-state index in [2.05, 4.69) is 5.32 Å². The van der Waals surface area contributed by atoms with Gasteiger partial charge in [0, 0.05) is 12.1 Å². The number of carbonyl (C=O) groups is 1. The molecule has 0 saturated carbocycles. The fourth-order valence-electron chi connectivity index (χ4n) is 2.01. The highest BCUT2D eigenvalue weighted by Gasteiger charge is 2.11. The fraction of sp³-hybridized carbons (Fsp3) is 0.533. The summed E-state index contributed by atoms with van der Waals surface area (Å²) in [4.78, 5) is 10.7. The molecule has 1 aromatic carbocycles. The third-order valence-corrected chi connectivity index (χ3v) is 3.01. The molecule has 0 bridgehead atoms. The Morgan fingerprint density at radius 2 is 2.14 bits per heavy atom. The van der Waals surface area contributed by atoms with Crippen molar-refractivity contribution in [2.24, 2.45) is 0 Å². The molecule has 6 heteroatoms. The molecule has 4 N–H and O–H groups in total. The molecule has 0 aliphatic heterocycles. The van der Waals surface area contributed by atoms with Crippen molar-refractivity contribution in [1.82, 2.24) is 5.32 Å². The molecule has 0 aromatic heterocycles. The van der Waals surface area contributed by atoms with E-state index >= 15 is 0 Å². The van der Waals surface area contributed by atoms with Crippen LogP contribution in [0.15, 0.2) is 18.2 Å². The van der Waals surface area contributed by atoms with Gasteiger partial charge in [0.25, 0.3) is 0 Å². The first-order valence-electron chi connectivity index (χ1n) is 7.13. The van der Waals surface area contributed by atoms with Crippen LogP contribution < -0.4 is 10.1 Å². The number of benzene rings is 1. The van der Waals surface area contributed by atoms with Gasteiger partial charge in [-0.05, 0) is 31.5 Å². The van der Waals surface area contributed by atoms with Gasteiger partial charge < -0.3 is 25.4 Å². The monoisotopic (exact) mass is 297 g/mol. The summed E-state index contributed by atoms with van der Waals surface area (Å²) in [6, 6.07) is 4.08. The smallest absolute Gasteiger partial charge is 0.304 e. The Bertz CT molecular complexity index is 450. The molecule has 21 heavy (non-hydrogen) atoms. The van der Waals surface area contributed by atoms with Gasteiger partial charge >= 0.3 is 5.97 Å². The quantitative estimate of drug-likeness (QED) is 0.390. The number of hydrogen-bond donors (Lipinski definition) is 4. The van der Waals surface area contributed by atoms with Gasteiger partial charge in [-0.15, -0.1) is 0 Å². The average molecular weight is 297 g/mol. The van der Waals surface area contributed by atoms with Gasteiger partial charge in [-0.1, -0.05) is 13.3 Å². The highest BCUT2D eigenvalue weighted by atomic mass is 16.5. The van der Waals surface area contributed by atoms with Crippen LogP contribution in [-0.4, -0.2) is 40.5 Å². The van der Waals surface area contributed by atoms with Crippen LogP contribution in [0.25, 0.3) is 0 Å². The molecule has 0 aliphatic carbocycles. The van der Waals surface area contributed by atoms with Crippen molar-refractivity contribution in [2.75, 3.05) is 13.2 Å². The third kappa shape index (κ3) is 6.85. The summed E-state index contributed by atoms with van der Waals surface area (Å²) in [6.45, 7) is 3.03. The number of nitrogens with one attached hydrogen (secondary N) is 1. The van der Waals surface area contributed by atoms with Crippen LogP contribution in [-0.2, 0) is 4.79 Å². The molecule has 0 spiro atoms. The minimum absolute atomic E-state index is 0.0181. The van der Waals surface area contributed by atoms with E-state index in [1.807, 2.05) is 6.92 Å². The van der Waals surface area contributed by atoms with Crippen molar-refractivity contribution in [2.45, 2.75) is 38.6 Å². The van der Waals surface area contributed by atoms with Crippen LogP contribution in [0, 0.1) is 0 Å². The topological polar surface area (TPSA) is 99.0 Å². The van der Waals surface area contributed by atoms with Crippen LogP contribution in [0.3, 0.4) is 0 Å². The van der Waals surface area contributed by atoms with Gasteiger partial charge in [0.1, 0.15) is 5.75 Å². The summed E-state index contributed by atoms with van der Waals surface area (Å²) in [6.07, 6.45) is 2.54. The summed E-state index contributed by atoms with van der Waals surface area (Å²) >= 11 is 0.